The Bertz CT molecular complexity index is 294. The van der Waals surface area contributed by atoms with E-state index in [0.29, 0.717) is 6.42 Å². The molecule has 0 bridgehead atoms. The molecule has 0 aliphatic heterocycles. The molecule has 0 spiro atoms. The van der Waals surface area contributed by atoms with Crippen LogP contribution in [-0.4, -0.2) is 24.4 Å². The molecule has 0 aliphatic rings. The SMILES string of the molecule is CNC(=O)C(C)(C)CC(C)(C)NC(=O)C(C)C. The van der Waals surface area contributed by atoms with E-state index in [1.54, 1.807) is 7.05 Å². The minimum absolute atomic E-state index is 0.00984. The van der Waals surface area contributed by atoms with Crippen molar-refractivity contribution in [3.05, 3.63) is 0 Å². The van der Waals surface area contributed by atoms with E-state index in [2.05, 4.69) is 10.6 Å². The second-order valence-electron chi connectivity index (χ2n) is 6.17. The highest BCUT2D eigenvalue weighted by atomic mass is 16.2. The van der Waals surface area contributed by atoms with Crippen LogP contribution in [0.2, 0.25) is 0 Å². The monoisotopic (exact) mass is 242 g/mol. The van der Waals surface area contributed by atoms with Crippen molar-refractivity contribution in [1.29, 1.82) is 0 Å². The number of nitrogens with one attached hydrogen (secondary N) is 2. The summed E-state index contributed by atoms with van der Waals surface area (Å²) in [6, 6.07) is 0. The normalized spacial score (nSPS) is 12.5. The third-order valence-electron chi connectivity index (χ3n) is 2.71. The molecule has 0 fully saturated rings. The smallest absolute Gasteiger partial charge is 0.225 e. The molecular formula is C13H26N2O2. The molecule has 2 amide bonds. The van der Waals surface area contributed by atoms with Gasteiger partial charge in [0.05, 0.1) is 0 Å². The number of amides is 2. The molecule has 0 aliphatic carbocycles. The third kappa shape index (κ3) is 5.20. The lowest BCUT2D eigenvalue weighted by Gasteiger charge is -2.34. The fraction of sp³-hybridized carbons (Fsp3) is 0.846. The molecule has 0 radical (unpaired) electrons. The number of rotatable bonds is 5. The molecule has 0 heterocycles. The molecule has 0 saturated heterocycles. The van der Waals surface area contributed by atoms with Crippen molar-refractivity contribution in [2.24, 2.45) is 11.3 Å². The highest BCUT2D eigenvalue weighted by Crippen LogP contribution is 2.28. The Balaban J connectivity index is 4.64. The molecule has 0 aromatic rings. The van der Waals surface area contributed by atoms with Gasteiger partial charge in [-0.15, -0.1) is 0 Å². The molecule has 0 aromatic heterocycles. The molecule has 100 valence electrons. The lowest BCUT2D eigenvalue weighted by molar-refractivity contribution is -0.132. The van der Waals surface area contributed by atoms with E-state index < -0.39 is 11.0 Å². The van der Waals surface area contributed by atoms with Crippen LogP contribution in [0.5, 0.6) is 0 Å². The zero-order valence-corrected chi connectivity index (χ0v) is 12.1. The Hall–Kier alpha value is -1.06. The molecule has 0 rings (SSSR count). The minimum Gasteiger partial charge on any atom is -0.359 e. The molecule has 4 nitrogen and oxygen atoms in total. The van der Waals surface area contributed by atoms with E-state index >= 15 is 0 Å². The van der Waals surface area contributed by atoms with Crippen LogP contribution >= 0.6 is 0 Å². The van der Waals surface area contributed by atoms with Gasteiger partial charge in [-0.2, -0.15) is 0 Å². The number of hydrogen-bond acceptors (Lipinski definition) is 2. The van der Waals surface area contributed by atoms with Gasteiger partial charge >= 0.3 is 0 Å². The second kappa shape index (κ2) is 5.52. The van der Waals surface area contributed by atoms with Crippen molar-refractivity contribution in [3.8, 4) is 0 Å². The van der Waals surface area contributed by atoms with E-state index in [1.807, 2.05) is 41.5 Å². The summed E-state index contributed by atoms with van der Waals surface area (Å²) in [5.41, 5.74) is -0.889. The fourth-order valence-corrected chi connectivity index (χ4v) is 2.05. The first-order valence-corrected chi connectivity index (χ1v) is 6.06. The Labute approximate surface area is 105 Å². The molecule has 0 saturated carbocycles. The van der Waals surface area contributed by atoms with Crippen molar-refractivity contribution in [2.75, 3.05) is 7.05 Å². The van der Waals surface area contributed by atoms with Crippen LogP contribution in [-0.2, 0) is 9.59 Å². The first kappa shape index (κ1) is 15.9. The lowest BCUT2D eigenvalue weighted by Crippen LogP contribution is -2.50. The van der Waals surface area contributed by atoms with Gasteiger partial charge in [-0.3, -0.25) is 9.59 Å². The molecular weight excluding hydrogens is 216 g/mol. The summed E-state index contributed by atoms with van der Waals surface area (Å²) in [5, 5.41) is 5.62. The highest BCUT2D eigenvalue weighted by molar-refractivity contribution is 5.82. The maximum Gasteiger partial charge on any atom is 0.225 e. The van der Waals surface area contributed by atoms with Gasteiger partial charge in [0.15, 0.2) is 0 Å². The molecule has 0 aromatic carbocycles. The van der Waals surface area contributed by atoms with E-state index in [0.717, 1.165) is 0 Å². The van der Waals surface area contributed by atoms with E-state index in [-0.39, 0.29) is 17.7 Å². The van der Waals surface area contributed by atoms with Gasteiger partial charge in [0.1, 0.15) is 0 Å². The maximum atomic E-state index is 11.7. The van der Waals surface area contributed by atoms with E-state index in [1.165, 1.54) is 0 Å². The third-order valence-corrected chi connectivity index (χ3v) is 2.71. The van der Waals surface area contributed by atoms with Gasteiger partial charge in [0.2, 0.25) is 11.8 Å². The van der Waals surface area contributed by atoms with Crippen molar-refractivity contribution >= 4 is 11.8 Å². The van der Waals surface area contributed by atoms with Crippen LogP contribution in [0.4, 0.5) is 0 Å². The highest BCUT2D eigenvalue weighted by Gasteiger charge is 2.35. The topological polar surface area (TPSA) is 58.2 Å². The Morgan fingerprint density at radius 3 is 1.94 bits per heavy atom. The van der Waals surface area contributed by atoms with Gasteiger partial charge < -0.3 is 10.6 Å². The quantitative estimate of drug-likeness (QED) is 0.771. The van der Waals surface area contributed by atoms with E-state index in [9.17, 15) is 9.59 Å². The summed E-state index contributed by atoms with van der Waals surface area (Å²) in [7, 11) is 1.63. The van der Waals surface area contributed by atoms with Crippen molar-refractivity contribution < 1.29 is 9.59 Å². The van der Waals surface area contributed by atoms with Gasteiger partial charge in [0.25, 0.3) is 0 Å². The second-order valence-corrected chi connectivity index (χ2v) is 6.17. The zero-order chi connectivity index (χ0) is 13.9. The number of hydrogen-bond donors (Lipinski definition) is 2. The first-order valence-electron chi connectivity index (χ1n) is 6.06. The predicted octanol–water partition coefficient (Wildman–Crippen LogP) is 1.70. The van der Waals surface area contributed by atoms with Crippen molar-refractivity contribution in [1.82, 2.24) is 10.6 Å². The Morgan fingerprint density at radius 1 is 1.12 bits per heavy atom. The number of carbonyl (C=O) groups excluding carboxylic acids is 2. The average Bonchev–Trinajstić information content (AvgIpc) is 2.13. The summed E-state index contributed by atoms with van der Waals surface area (Å²) in [5.74, 6) is -0.0375. The molecule has 0 unspecified atom stereocenters. The van der Waals surface area contributed by atoms with Gasteiger partial charge in [-0.25, -0.2) is 0 Å². The predicted molar refractivity (Wildman–Crippen MR) is 69.5 cm³/mol. The Morgan fingerprint density at radius 2 is 1.59 bits per heavy atom. The van der Waals surface area contributed by atoms with Crippen LogP contribution in [0.1, 0.15) is 48.0 Å². The summed E-state index contributed by atoms with van der Waals surface area (Å²) in [4.78, 5) is 23.4. The average molecular weight is 242 g/mol. The molecule has 4 heteroatoms. The van der Waals surface area contributed by atoms with E-state index in [4.69, 9.17) is 0 Å². The summed E-state index contributed by atoms with van der Waals surface area (Å²) < 4.78 is 0. The van der Waals surface area contributed by atoms with Gasteiger partial charge in [-0.05, 0) is 20.3 Å². The molecule has 2 N–H and O–H groups in total. The Kier molecular flexibility index (Phi) is 5.17. The van der Waals surface area contributed by atoms with Gasteiger partial charge in [0, 0.05) is 23.9 Å². The molecule has 17 heavy (non-hydrogen) atoms. The van der Waals surface area contributed by atoms with Crippen LogP contribution in [0.15, 0.2) is 0 Å². The number of carbonyl (C=O) groups is 2. The summed E-state index contributed by atoms with van der Waals surface area (Å²) >= 11 is 0. The summed E-state index contributed by atoms with van der Waals surface area (Å²) in [6.45, 7) is 11.4. The summed E-state index contributed by atoms with van der Waals surface area (Å²) in [6.07, 6.45) is 0.595. The standard InChI is InChI=1S/C13H26N2O2/c1-9(2)10(16)15-13(5,6)8-12(3,4)11(17)14-7/h9H,8H2,1-7H3,(H,14,17)(H,15,16). The lowest BCUT2D eigenvalue weighted by atomic mass is 9.79. The zero-order valence-electron chi connectivity index (χ0n) is 12.1. The maximum absolute atomic E-state index is 11.7. The van der Waals surface area contributed by atoms with Crippen molar-refractivity contribution in [3.63, 3.8) is 0 Å². The van der Waals surface area contributed by atoms with Crippen LogP contribution in [0, 0.1) is 11.3 Å². The van der Waals surface area contributed by atoms with Crippen LogP contribution in [0.25, 0.3) is 0 Å². The van der Waals surface area contributed by atoms with Crippen LogP contribution in [0.3, 0.4) is 0 Å². The molecule has 0 atom stereocenters. The first-order chi connectivity index (χ1) is 7.52. The van der Waals surface area contributed by atoms with Crippen LogP contribution < -0.4 is 10.6 Å². The largest absolute Gasteiger partial charge is 0.359 e. The fourth-order valence-electron chi connectivity index (χ4n) is 2.05. The van der Waals surface area contributed by atoms with Gasteiger partial charge in [-0.1, -0.05) is 27.7 Å². The van der Waals surface area contributed by atoms with Crippen molar-refractivity contribution in [2.45, 2.75) is 53.5 Å². The minimum atomic E-state index is -0.498.